The van der Waals surface area contributed by atoms with Gasteiger partial charge >= 0.3 is 0 Å². The van der Waals surface area contributed by atoms with Gasteiger partial charge in [-0.1, -0.05) is 24.3 Å². The van der Waals surface area contributed by atoms with Crippen molar-refractivity contribution in [2.45, 2.75) is 6.92 Å². The Labute approximate surface area is 176 Å². The lowest BCUT2D eigenvalue weighted by atomic mass is 10.1. The highest BCUT2D eigenvalue weighted by Crippen LogP contribution is 2.32. The Kier molecular flexibility index (Phi) is 6.35. The van der Waals surface area contributed by atoms with Crippen molar-refractivity contribution in [2.75, 3.05) is 13.7 Å². The molecule has 2 N–H and O–H groups in total. The summed E-state index contributed by atoms with van der Waals surface area (Å²) in [6.07, 6.45) is 1.50. The second-order valence-corrected chi connectivity index (χ2v) is 7.04. The number of ether oxygens (including phenoxy) is 2. The molecular formula is C21H19IN2O4. The van der Waals surface area contributed by atoms with Crippen LogP contribution in [0.25, 0.3) is 10.8 Å². The third kappa shape index (κ3) is 4.36. The lowest BCUT2D eigenvalue weighted by Crippen LogP contribution is -2.18. The van der Waals surface area contributed by atoms with Crippen LogP contribution in [0.1, 0.15) is 22.8 Å². The predicted octanol–water partition coefficient (Wildman–Crippen LogP) is 4.32. The molecule has 144 valence electrons. The number of carbonyl (C=O) groups excluding carboxylic acids is 1. The number of phenolic OH excluding ortho intramolecular Hbond substituents is 1. The SMILES string of the molecule is CCOc1cc(/C=N/NC(=O)c2cc3ccccc3cc2OC)cc(I)c1O. The molecule has 3 aromatic carbocycles. The van der Waals surface area contributed by atoms with Gasteiger partial charge in [-0.25, -0.2) is 5.43 Å². The molecule has 0 heterocycles. The summed E-state index contributed by atoms with van der Waals surface area (Å²) in [6.45, 7) is 2.27. The van der Waals surface area contributed by atoms with Crippen LogP contribution >= 0.6 is 22.6 Å². The van der Waals surface area contributed by atoms with Crippen LogP contribution in [0.15, 0.2) is 53.6 Å². The van der Waals surface area contributed by atoms with E-state index in [0.717, 1.165) is 10.8 Å². The summed E-state index contributed by atoms with van der Waals surface area (Å²) >= 11 is 2.01. The highest BCUT2D eigenvalue weighted by atomic mass is 127. The Morgan fingerprint density at radius 3 is 2.57 bits per heavy atom. The van der Waals surface area contributed by atoms with E-state index in [9.17, 15) is 9.90 Å². The molecule has 28 heavy (non-hydrogen) atoms. The molecule has 0 radical (unpaired) electrons. The molecular weight excluding hydrogens is 471 g/mol. The van der Waals surface area contributed by atoms with Gasteiger partial charge in [0.15, 0.2) is 11.5 Å². The first kappa shape index (κ1) is 19.9. The van der Waals surface area contributed by atoms with Gasteiger partial charge in [0.2, 0.25) is 0 Å². The number of phenols is 1. The number of hydrogen-bond donors (Lipinski definition) is 2. The van der Waals surface area contributed by atoms with Crippen molar-refractivity contribution in [3.8, 4) is 17.2 Å². The zero-order valence-corrected chi connectivity index (χ0v) is 17.6. The van der Waals surface area contributed by atoms with E-state index in [2.05, 4.69) is 10.5 Å². The molecule has 0 fully saturated rings. The van der Waals surface area contributed by atoms with E-state index in [1.165, 1.54) is 13.3 Å². The lowest BCUT2D eigenvalue weighted by molar-refractivity contribution is 0.0952. The smallest absolute Gasteiger partial charge is 0.275 e. The number of nitrogens with one attached hydrogen (secondary N) is 1. The number of hydrogen-bond acceptors (Lipinski definition) is 5. The first-order valence-corrected chi connectivity index (χ1v) is 9.66. The van der Waals surface area contributed by atoms with Gasteiger partial charge in [0.25, 0.3) is 5.91 Å². The zero-order chi connectivity index (χ0) is 20.1. The van der Waals surface area contributed by atoms with Crippen LogP contribution in [0.5, 0.6) is 17.2 Å². The summed E-state index contributed by atoms with van der Waals surface area (Å²) in [5.41, 5.74) is 3.61. The van der Waals surface area contributed by atoms with Crippen LogP contribution in [0, 0.1) is 3.57 Å². The number of methoxy groups -OCH3 is 1. The van der Waals surface area contributed by atoms with E-state index in [0.29, 0.717) is 32.8 Å². The van der Waals surface area contributed by atoms with E-state index < -0.39 is 0 Å². The maximum atomic E-state index is 12.6. The second-order valence-electron chi connectivity index (χ2n) is 5.88. The van der Waals surface area contributed by atoms with Crippen molar-refractivity contribution in [1.82, 2.24) is 5.43 Å². The molecule has 0 saturated carbocycles. The quantitative estimate of drug-likeness (QED) is 0.307. The fraction of sp³-hybridized carbons (Fsp3) is 0.143. The average Bonchev–Trinajstić information content (AvgIpc) is 2.70. The largest absolute Gasteiger partial charge is 0.504 e. The lowest BCUT2D eigenvalue weighted by Gasteiger charge is -2.10. The van der Waals surface area contributed by atoms with Crippen molar-refractivity contribution in [3.63, 3.8) is 0 Å². The van der Waals surface area contributed by atoms with Gasteiger partial charge in [-0.15, -0.1) is 0 Å². The zero-order valence-electron chi connectivity index (χ0n) is 15.4. The van der Waals surface area contributed by atoms with Crippen molar-refractivity contribution >= 4 is 45.5 Å². The van der Waals surface area contributed by atoms with E-state index in [-0.39, 0.29) is 11.7 Å². The van der Waals surface area contributed by atoms with Gasteiger partial charge in [-0.05, 0) is 70.1 Å². The first-order chi connectivity index (χ1) is 13.5. The number of carbonyl (C=O) groups is 1. The van der Waals surface area contributed by atoms with Crippen LogP contribution in [0.4, 0.5) is 0 Å². The number of aromatic hydroxyl groups is 1. The number of amides is 1. The minimum Gasteiger partial charge on any atom is -0.504 e. The Morgan fingerprint density at radius 1 is 1.18 bits per heavy atom. The van der Waals surface area contributed by atoms with Crippen molar-refractivity contribution in [2.24, 2.45) is 5.10 Å². The number of hydrazone groups is 1. The third-order valence-electron chi connectivity index (χ3n) is 4.04. The Morgan fingerprint density at radius 2 is 1.89 bits per heavy atom. The monoisotopic (exact) mass is 490 g/mol. The topological polar surface area (TPSA) is 80.2 Å². The van der Waals surface area contributed by atoms with Gasteiger partial charge in [0.1, 0.15) is 5.75 Å². The summed E-state index contributed by atoms with van der Waals surface area (Å²) < 4.78 is 11.4. The van der Waals surface area contributed by atoms with E-state index in [1.54, 1.807) is 18.2 Å². The molecule has 0 spiro atoms. The Balaban J connectivity index is 1.81. The molecule has 0 aromatic heterocycles. The third-order valence-corrected chi connectivity index (χ3v) is 4.87. The van der Waals surface area contributed by atoms with Gasteiger partial charge in [0.05, 0.1) is 29.1 Å². The molecule has 3 aromatic rings. The average molecular weight is 490 g/mol. The summed E-state index contributed by atoms with van der Waals surface area (Å²) in [5.74, 6) is 0.560. The fourth-order valence-corrected chi connectivity index (χ4v) is 3.35. The maximum absolute atomic E-state index is 12.6. The number of rotatable bonds is 6. The van der Waals surface area contributed by atoms with Crippen LogP contribution in [-0.4, -0.2) is 30.9 Å². The molecule has 6 nitrogen and oxygen atoms in total. The molecule has 0 aliphatic heterocycles. The van der Waals surface area contributed by atoms with Gasteiger partial charge < -0.3 is 14.6 Å². The van der Waals surface area contributed by atoms with Crippen LogP contribution in [0.3, 0.4) is 0 Å². The molecule has 0 aliphatic carbocycles. The Hall–Kier alpha value is -2.81. The number of fused-ring (bicyclic) bond motifs is 1. The summed E-state index contributed by atoms with van der Waals surface area (Å²) in [7, 11) is 1.53. The van der Waals surface area contributed by atoms with Crippen LogP contribution < -0.4 is 14.9 Å². The van der Waals surface area contributed by atoms with E-state index in [1.807, 2.05) is 59.8 Å². The molecule has 0 atom stereocenters. The van der Waals surface area contributed by atoms with E-state index in [4.69, 9.17) is 9.47 Å². The Bertz CT molecular complexity index is 1050. The molecule has 1 amide bonds. The summed E-state index contributed by atoms with van der Waals surface area (Å²) in [6, 6.07) is 14.7. The number of halogens is 1. The normalized spacial score (nSPS) is 11.0. The minimum absolute atomic E-state index is 0.0875. The van der Waals surface area contributed by atoms with Crippen molar-refractivity contribution in [3.05, 3.63) is 63.2 Å². The molecule has 0 aliphatic rings. The molecule has 0 bridgehead atoms. The van der Waals surface area contributed by atoms with Crippen molar-refractivity contribution < 1.29 is 19.4 Å². The first-order valence-electron chi connectivity index (χ1n) is 8.59. The van der Waals surface area contributed by atoms with Gasteiger partial charge in [0, 0.05) is 0 Å². The van der Waals surface area contributed by atoms with Crippen LogP contribution in [-0.2, 0) is 0 Å². The second kappa shape index (κ2) is 8.92. The van der Waals surface area contributed by atoms with E-state index >= 15 is 0 Å². The van der Waals surface area contributed by atoms with Crippen molar-refractivity contribution in [1.29, 1.82) is 0 Å². The number of nitrogens with zero attached hydrogens (tertiary/aromatic N) is 1. The molecule has 0 unspecified atom stereocenters. The molecule has 0 saturated heterocycles. The molecule has 7 heteroatoms. The predicted molar refractivity (Wildman–Crippen MR) is 118 cm³/mol. The highest BCUT2D eigenvalue weighted by Gasteiger charge is 2.13. The highest BCUT2D eigenvalue weighted by molar-refractivity contribution is 14.1. The standard InChI is InChI=1S/C21H19IN2O4/c1-3-28-19-9-13(8-17(22)20(19)25)12-23-24-21(26)16-10-14-6-4-5-7-15(14)11-18(16)27-2/h4-12,25H,3H2,1-2H3,(H,24,26)/b23-12+. The number of benzene rings is 3. The summed E-state index contributed by atoms with van der Waals surface area (Å²) in [5, 5.41) is 15.9. The maximum Gasteiger partial charge on any atom is 0.275 e. The summed E-state index contributed by atoms with van der Waals surface area (Å²) in [4.78, 5) is 12.6. The molecule has 3 rings (SSSR count). The van der Waals surface area contributed by atoms with Gasteiger partial charge in [-0.3, -0.25) is 4.79 Å². The van der Waals surface area contributed by atoms with Gasteiger partial charge in [-0.2, -0.15) is 5.10 Å². The fourth-order valence-electron chi connectivity index (χ4n) is 2.73. The minimum atomic E-state index is -0.377. The van der Waals surface area contributed by atoms with Crippen LogP contribution in [0.2, 0.25) is 0 Å².